The molecule has 0 bridgehead atoms. The molecular formula is C12H19NO2. The van der Waals surface area contributed by atoms with Crippen LogP contribution in [0, 0.1) is 0 Å². The molecular weight excluding hydrogens is 190 g/mol. The molecule has 0 spiro atoms. The van der Waals surface area contributed by atoms with Gasteiger partial charge < -0.3 is 4.74 Å². The van der Waals surface area contributed by atoms with Crippen LogP contribution in [0.3, 0.4) is 0 Å². The number of fused-ring (bicyclic) bond motifs is 1. The molecule has 0 amide bonds. The summed E-state index contributed by atoms with van der Waals surface area (Å²) in [7, 11) is 2.10. The van der Waals surface area contributed by atoms with Gasteiger partial charge in [0.2, 0.25) is 0 Å². The summed E-state index contributed by atoms with van der Waals surface area (Å²) in [5, 5.41) is 0. The molecule has 0 aromatic carbocycles. The Labute approximate surface area is 91.1 Å². The maximum Gasteiger partial charge on any atom is 0.335 e. The predicted molar refractivity (Wildman–Crippen MR) is 58.5 cm³/mol. The highest BCUT2D eigenvalue weighted by atomic mass is 16.5. The standard InChI is InChI=1S/C12H19NO2/c1-3-15-12(14)10-8-13(2)11-7-5-4-6-9(10)11/h11H,3-8H2,1-2H3. The minimum absolute atomic E-state index is 0.0938. The highest BCUT2D eigenvalue weighted by Crippen LogP contribution is 2.35. The molecule has 1 fully saturated rings. The molecule has 84 valence electrons. The zero-order valence-corrected chi connectivity index (χ0v) is 9.58. The molecule has 0 aromatic heterocycles. The average Bonchev–Trinajstić information content (AvgIpc) is 2.58. The minimum atomic E-state index is -0.0938. The van der Waals surface area contributed by atoms with Gasteiger partial charge in [0.1, 0.15) is 0 Å². The fraction of sp³-hybridized carbons (Fsp3) is 0.750. The number of carbonyl (C=O) groups is 1. The summed E-state index contributed by atoms with van der Waals surface area (Å²) >= 11 is 0. The van der Waals surface area contributed by atoms with Crippen molar-refractivity contribution in [2.24, 2.45) is 0 Å². The fourth-order valence-corrected chi connectivity index (χ4v) is 2.71. The Balaban J connectivity index is 2.18. The molecule has 3 nitrogen and oxygen atoms in total. The van der Waals surface area contributed by atoms with Crippen molar-refractivity contribution in [1.82, 2.24) is 4.90 Å². The van der Waals surface area contributed by atoms with Gasteiger partial charge in [0.05, 0.1) is 12.2 Å². The number of likely N-dealkylation sites (N-methyl/N-ethyl adjacent to an activating group) is 1. The van der Waals surface area contributed by atoms with Gasteiger partial charge in [-0.1, -0.05) is 6.42 Å². The lowest BCUT2D eigenvalue weighted by Gasteiger charge is -2.26. The zero-order valence-electron chi connectivity index (χ0n) is 9.58. The van der Waals surface area contributed by atoms with Crippen LogP contribution >= 0.6 is 0 Å². The Morgan fingerprint density at radius 3 is 3.07 bits per heavy atom. The molecule has 0 saturated heterocycles. The van der Waals surface area contributed by atoms with Crippen LogP contribution in [0.2, 0.25) is 0 Å². The molecule has 1 atom stereocenters. The number of rotatable bonds is 2. The van der Waals surface area contributed by atoms with Crippen LogP contribution in [0.4, 0.5) is 0 Å². The lowest BCUT2D eigenvalue weighted by atomic mass is 9.89. The zero-order chi connectivity index (χ0) is 10.8. The smallest absolute Gasteiger partial charge is 0.335 e. The summed E-state index contributed by atoms with van der Waals surface area (Å²) in [4.78, 5) is 14.0. The molecule has 1 aliphatic heterocycles. The van der Waals surface area contributed by atoms with Crippen LogP contribution in [0.1, 0.15) is 32.6 Å². The Morgan fingerprint density at radius 1 is 1.53 bits per heavy atom. The van der Waals surface area contributed by atoms with Gasteiger partial charge in [0.15, 0.2) is 0 Å². The van der Waals surface area contributed by atoms with E-state index in [4.69, 9.17) is 4.74 Å². The Bertz CT molecular complexity index is 296. The van der Waals surface area contributed by atoms with E-state index in [2.05, 4.69) is 11.9 Å². The molecule has 1 heterocycles. The van der Waals surface area contributed by atoms with Crippen molar-refractivity contribution in [3.05, 3.63) is 11.1 Å². The van der Waals surface area contributed by atoms with Gasteiger partial charge in [-0.3, -0.25) is 4.90 Å². The van der Waals surface area contributed by atoms with Crippen molar-refractivity contribution in [2.45, 2.75) is 38.6 Å². The number of carbonyl (C=O) groups excluding carboxylic acids is 1. The van der Waals surface area contributed by atoms with E-state index in [1.807, 2.05) is 6.92 Å². The lowest BCUT2D eigenvalue weighted by Crippen LogP contribution is -2.29. The third-order valence-electron chi connectivity index (χ3n) is 3.42. The molecule has 0 N–H and O–H groups in total. The number of nitrogens with zero attached hydrogens (tertiary/aromatic N) is 1. The van der Waals surface area contributed by atoms with Gasteiger partial charge in [-0.05, 0) is 38.8 Å². The summed E-state index contributed by atoms with van der Waals surface area (Å²) in [5.41, 5.74) is 2.28. The minimum Gasteiger partial charge on any atom is -0.463 e. The summed E-state index contributed by atoms with van der Waals surface area (Å²) in [6, 6.07) is 0.512. The van der Waals surface area contributed by atoms with E-state index in [1.54, 1.807) is 0 Å². The summed E-state index contributed by atoms with van der Waals surface area (Å²) < 4.78 is 5.10. The van der Waals surface area contributed by atoms with E-state index in [9.17, 15) is 4.79 Å². The Kier molecular flexibility index (Phi) is 3.10. The van der Waals surface area contributed by atoms with Crippen molar-refractivity contribution in [2.75, 3.05) is 20.2 Å². The van der Waals surface area contributed by atoms with Crippen LogP contribution in [0.5, 0.6) is 0 Å². The molecule has 1 unspecified atom stereocenters. The predicted octanol–water partition coefficient (Wildman–Crippen LogP) is 1.73. The molecule has 1 aliphatic carbocycles. The number of hydrogen-bond acceptors (Lipinski definition) is 3. The third-order valence-corrected chi connectivity index (χ3v) is 3.42. The van der Waals surface area contributed by atoms with Crippen LogP contribution in [-0.2, 0) is 9.53 Å². The Hall–Kier alpha value is -0.830. The fourth-order valence-electron chi connectivity index (χ4n) is 2.71. The summed E-state index contributed by atoms with van der Waals surface area (Å²) in [5.74, 6) is -0.0938. The quantitative estimate of drug-likeness (QED) is 0.649. The van der Waals surface area contributed by atoms with Crippen molar-refractivity contribution >= 4 is 5.97 Å². The first-order chi connectivity index (χ1) is 7.24. The monoisotopic (exact) mass is 209 g/mol. The number of esters is 1. The largest absolute Gasteiger partial charge is 0.463 e. The van der Waals surface area contributed by atoms with E-state index >= 15 is 0 Å². The molecule has 2 rings (SSSR count). The summed E-state index contributed by atoms with van der Waals surface area (Å²) in [6.45, 7) is 3.11. The van der Waals surface area contributed by atoms with Gasteiger partial charge >= 0.3 is 5.97 Å². The van der Waals surface area contributed by atoms with Gasteiger partial charge in [0, 0.05) is 12.6 Å². The van der Waals surface area contributed by atoms with Crippen LogP contribution in [-0.4, -0.2) is 37.1 Å². The molecule has 0 aromatic rings. The van der Waals surface area contributed by atoms with E-state index in [-0.39, 0.29) is 5.97 Å². The van der Waals surface area contributed by atoms with Gasteiger partial charge in [0.25, 0.3) is 0 Å². The number of ether oxygens (including phenoxy) is 1. The average molecular weight is 209 g/mol. The van der Waals surface area contributed by atoms with Crippen molar-refractivity contribution in [3.8, 4) is 0 Å². The molecule has 3 heteroatoms. The SMILES string of the molecule is CCOC(=O)C1=C2CCCCC2N(C)C1. The second-order valence-corrected chi connectivity index (χ2v) is 4.40. The van der Waals surface area contributed by atoms with Gasteiger partial charge in [-0.25, -0.2) is 4.79 Å². The normalized spacial score (nSPS) is 26.7. The van der Waals surface area contributed by atoms with Crippen LogP contribution in [0.25, 0.3) is 0 Å². The van der Waals surface area contributed by atoms with Crippen molar-refractivity contribution in [1.29, 1.82) is 0 Å². The first kappa shape index (κ1) is 10.7. The highest BCUT2D eigenvalue weighted by molar-refractivity contribution is 5.90. The molecule has 15 heavy (non-hydrogen) atoms. The second-order valence-electron chi connectivity index (χ2n) is 4.40. The van der Waals surface area contributed by atoms with E-state index in [1.165, 1.54) is 24.8 Å². The second kappa shape index (κ2) is 4.35. The van der Waals surface area contributed by atoms with E-state index < -0.39 is 0 Å². The Morgan fingerprint density at radius 2 is 2.33 bits per heavy atom. The van der Waals surface area contributed by atoms with Crippen molar-refractivity contribution in [3.63, 3.8) is 0 Å². The maximum absolute atomic E-state index is 11.7. The van der Waals surface area contributed by atoms with Crippen LogP contribution in [0.15, 0.2) is 11.1 Å². The highest BCUT2D eigenvalue weighted by Gasteiger charge is 2.34. The third kappa shape index (κ3) is 1.93. The molecule has 0 radical (unpaired) electrons. The maximum atomic E-state index is 11.7. The van der Waals surface area contributed by atoms with Crippen LogP contribution < -0.4 is 0 Å². The topological polar surface area (TPSA) is 29.5 Å². The van der Waals surface area contributed by atoms with Gasteiger partial charge in [-0.2, -0.15) is 0 Å². The van der Waals surface area contributed by atoms with Gasteiger partial charge in [-0.15, -0.1) is 0 Å². The molecule has 1 saturated carbocycles. The van der Waals surface area contributed by atoms with E-state index in [0.717, 1.165) is 18.5 Å². The first-order valence-electron chi connectivity index (χ1n) is 5.83. The first-order valence-corrected chi connectivity index (χ1v) is 5.83. The lowest BCUT2D eigenvalue weighted by molar-refractivity contribution is -0.138. The number of hydrogen-bond donors (Lipinski definition) is 0. The van der Waals surface area contributed by atoms with E-state index in [0.29, 0.717) is 12.6 Å². The van der Waals surface area contributed by atoms with Crippen molar-refractivity contribution < 1.29 is 9.53 Å². The molecule has 2 aliphatic rings. The summed E-state index contributed by atoms with van der Waals surface area (Å²) in [6.07, 6.45) is 4.80.